The van der Waals surface area contributed by atoms with E-state index in [1.165, 1.54) is 11.5 Å². The van der Waals surface area contributed by atoms with Gasteiger partial charge >= 0.3 is 0 Å². The Labute approximate surface area is 104 Å². The van der Waals surface area contributed by atoms with Crippen molar-refractivity contribution in [3.63, 3.8) is 0 Å². The zero-order valence-electron chi connectivity index (χ0n) is 8.90. The van der Waals surface area contributed by atoms with Crippen LogP contribution in [-0.4, -0.2) is 15.9 Å². The molecule has 0 unspecified atom stereocenters. The molecule has 0 bridgehead atoms. The second kappa shape index (κ2) is 5.27. The molecule has 0 aliphatic rings. The van der Waals surface area contributed by atoms with Crippen LogP contribution in [0.1, 0.15) is 13.3 Å². The van der Waals surface area contributed by atoms with Gasteiger partial charge in [0.2, 0.25) is 5.13 Å². The molecule has 1 heterocycles. The number of hydrogen-bond donors (Lipinski definition) is 1. The maximum Gasteiger partial charge on any atom is 0.202 e. The number of nitrogens with zero attached hydrogens (tertiary/aromatic N) is 2. The third kappa shape index (κ3) is 2.51. The molecule has 1 N–H and O–H groups in total. The van der Waals surface area contributed by atoms with Crippen LogP contribution in [0.3, 0.4) is 0 Å². The van der Waals surface area contributed by atoms with Crippen LogP contribution in [0.4, 0.5) is 5.13 Å². The molecule has 0 saturated heterocycles. The summed E-state index contributed by atoms with van der Waals surface area (Å²) in [6, 6.07) is 7.60. The van der Waals surface area contributed by atoms with Crippen LogP contribution >= 0.6 is 23.1 Å². The van der Waals surface area contributed by atoms with Gasteiger partial charge in [-0.3, -0.25) is 0 Å². The first-order valence-corrected chi connectivity index (χ1v) is 6.29. The van der Waals surface area contributed by atoms with Crippen molar-refractivity contribution >= 4 is 28.3 Å². The summed E-state index contributed by atoms with van der Waals surface area (Å²) in [7, 11) is 0. The van der Waals surface area contributed by atoms with E-state index < -0.39 is 0 Å². The lowest BCUT2D eigenvalue weighted by Crippen LogP contribution is -1.98. The first-order valence-electron chi connectivity index (χ1n) is 5.13. The minimum absolute atomic E-state index is 0.683. The molecule has 5 heteroatoms. The minimum atomic E-state index is 0.683. The first-order chi connectivity index (χ1) is 7.81. The van der Waals surface area contributed by atoms with Crippen LogP contribution in [0.2, 0.25) is 5.02 Å². The number of rotatable bonds is 4. The Bertz CT molecular complexity index is 470. The Morgan fingerprint density at radius 2 is 2.19 bits per heavy atom. The fourth-order valence-corrected chi connectivity index (χ4v) is 2.11. The fraction of sp³-hybridized carbons (Fsp3) is 0.273. The quantitative estimate of drug-likeness (QED) is 0.903. The number of hydrogen-bond acceptors (Lipinski definition) is 4. The van der Waals surface area contributed by atoms with Crippen molar-refractivity contribution in [2.75, 3.05) is 11.9 Å². The lowest BCUT2D eigenvalue weighted by Gasteiger charge is -1.98. The minimum Gasteiger partial charge on any atom is -0.360 e. The Kier molecular flexibility index (Phi) is 3.74. The summed E-state index contributed by atoms with van der Waals surface area (Å²) in [5, 5.41) is 4.73. The van der Waals surface area contributed by atoms with Crippen LogP contribution in [0.15, 0.2) is 24.3 Å². The smallest absolute Gasteiger partial charge is 0.202 e. The van der Waals surface area contributed by atoms with Crippen LogP contribution in [-0.2, 0) is 0 Å². The maximum atomic E-state index is 6.08. The van der Waals surface area contributed by atoms with Gasteiger partial charge in [-0.15, -0.1) is 0 Å². The summed E-state index contributed by atoms with van der Waals surface area (Å²) in [6.07, 6.45) is 1.07. The Hall–Kier alpha value is -1.13. The summed E-state index contributed by atoms with van der Waals surface area (Å²) in [5.41, 5.74) is 0.880. The van der Waals surface area contributed by atoms with Gasteiger partial charge in [0.1, 0.15) is 0 Å². The van der Waals surface area contributed by atoms with Gasteiger partial charge in [0.15, 0.2) is 5.82 Å². The van der Waals surface area contributed by atoms with E-state index >= 15 is 0 Å². The molecule has 84 valence electrons. The summed E-state index contributed by atoms with van der Waals surface area (Å²) < 4.78 is 4.28. The summed E-state index contributed by atoms with van der Waals surface area (Å²) in [4.78, 5) is 4.39. The predicted octanol–water partition coefficient (Wildman–Crippen LogP) is 3.68. The highest BCUT2D eigenvalue weighted by Crippen LogP contribution is 2.27. The van der Waals surface area contributed by atoms with Gasteiger partial charge in [0, 0.05) is 23.6 Å². The van der Waals surface area contributed by atoms with Gasteiger partial charge in [0.05, 0.1) is 5.02 Å². The topological polar surface area (TPSA) is 37.8 Å². The van der Waals surface area contributed by atoms with Crippen LogP contribution < -0.4 is 5.32 Å². The molecule has 3 nitrogen and oxygen atoms in total. The number of nitrogens with one attached hydrogen (secondary N) is 1. The van der Waals surface area contributed by atoms with Crippen molar-refractivity contribution in [2.24, 2.45) is 0 Å². The average molecular weight is 254 g/mol. The van der Waals surface area contributed by atoms with E-state index in [1.54, 1.807) is 0 Å². The zero-order chi connectivity index (χ0) is 11.4. The molecule has 0 amide bonds. The number of anilines is 1. The monoisotopic (exact) mass is 253 g/mol. The van der Waals surface area contributed by atoms with Crippen LogP contribution in [0.5, 0.6) is 0 Å². The van der Waals surface area contributed by atoms with Crippen molar-refractivity contribution in [3.05, 3.63) is 29.3 Å². The molecule has 0 aliphatic carbocycles. The van der Waals surface area contributed by atoms with Crippen molar-refractivity contribution < 1.29 is 0 Å². The van der Waals surface area contributed by atoms with Gasteiger partial charge in [-0.2, -0.15) is 9.36 Å². The van der Waals surface area contributed by atoms with E-state index in [0.717, 1.165) is 23.7 Å². The fourth-order valence-electron chi connectivity index (χ4n) is 1.28. The van der Waals surface area contributed by atoms with E-state index in [1.807, 2.05) is 24.3 Å². The van der Waals surface area contributed by atoms with Crippen LogP contribution in [0.25, 0.3) is 11.4 Å². The van der Waals surface area contributed by atoms with Gasteiger partial charge in [-0.25, -0.2) is 0 Å². The van der Waals surface area contributed by atoms with E-state index in [2.05, 4.69) is 21.6 Å². The van der Waals surface area contributed by atoms with Gasteiger partial charge < -0.3 is 5.32 Å². The highest BCUT2D eigenvalue weighted by Gasteiger charge is 2.08. The predicted molar refractivity (Wildman–Crippen MR) is 69.1 cm³/mol. The molecular weight excluding hydrogens is 242 g/mol. The van der Waals surface area contributed by atoms with E-state index in [-0.39, 0.29) is 0 Å². The molecular formula is C11H12ClN3S. The standard InChI is InChI=1S/C11H12ClN3S/c1-2-7-13-11-14-10(15-16-11)8-5-3-4-6-9(8)12/h3-6H,2,7H2,1H3,(H,13,14,15). The maximum absolute atomic E-state index is 6.08. The highest BCUT2D eigenvalue weighted by molar-refractivity contribution is 7.09. The lowest BCUT2D eigenvalue weighted by atomic mass is 10.2. The lowest BCUT2D eigenvalue weighted by molar-refractivity contribution is 0.976. The van der Waals surface area contributed by atoms with Gasteiger partial charge in [-0.05, 0) is 18.6 Å². The molecule has 2 aromatic rings. The molecule has 0 spiro atoms. The molecule has 0 atom stereocenters. The van der Waals surface area contributed by atoms with E-state index in [4.69, 9.17) is 11.6 Å². The Balaban J connectivity index is 2.22. The van der Waals surface area contributed by atoms with Gasteiger partial charge in [-0.1, -0.05) is 30.7 Å². The largest absolute Gasteiger partial charge is 0.360 e. The summed E-state index contributed by atoms with van der Waals surface area (Å²) in [6.45, 7) is 3.03. The first kappa shape index (κ1) is 11.4. The third-order valence-electron chi connectivity index (χ3n) is 2.07. The van der Waals surface area contributed by atoms with Gasteiger partial charge in [0.25, 0.3) is 0 Å². The Morgan fingerprint density at radius 3 is 2.94 bits per heavy atom. The van der Waals surface area contributed by atoms with Crippen molar-refractivity contribution in [1.29, 1.82) is 0 Å². The van der Waals surface area contributed by atoms with E-state index in [9.17, 15) is 0 Å². The molecule has 0 aliphatic heterocycles. The highest BCUT2D eigenvalue weighted by atomic mass is 35.5. The average Bonchev–Trinajstić information content (AvgIpc) is 2.75. The summed E-state index contributed by atoms with van der Waals surface area (Å²) >= 11 is 7.44. The van der Waals surface area contributed by atoms with Crippen molar-refractivity contribution in [3.8, 4) is 11.4 Å². The molecule has 1 aromatic carbocycles. The normalized spacial score (nSPS) is 10.4. The number of benzene rings is 1. The number of halogens is 1. The molecule has 1 aromatic heterocycles. The Morgan fingerprint density at radius 1 is 1.38 bits per heavy atom. The third-order valence-corrected chi connectivity index (χ3v) is 3.07. The van der Waals surface area contributed by atoms with Crippen molar-refractivity contribution in [1.82, 2.24) is 9.36 Å². The van der Waals surface area contributed by atoms with Crippen molar-refractivity contribution in [2.45, 2.75) is 13.3 Å². The molecule has 2 rings (SSSR count). The molecule has 0 saturated carbocycles. The second-order valence-electron chi connectivity index (χ2n) is 3.33. The van der Waals surface area contributed by atoms with E-state index in [0.29, 0.717) is 10.8 Å². The SMILES string of the molecule is CCCNc1nc(-c2ccccc2Cl)ns1. The summed E-state index contributed by atoms with van der Waals surface area (Å²) in [5.74, 6) is 0.689. The van der Waals surface area contributed by atoms with Crippen LogP contribution in [0, 0.1) is 0 Å². The molecule has 0 radical (unpaired) electrons. The zero-order valence-corrected chi connectivity index (χ0v) is 10.5. The molecule has 0 fully saturated rings. The molecule has 16 heavy (non-hydrogen) atoms. The number of aromatic nitrogens is 2. The second-order valence-corrected chi connectivity index (χ2v) is 4.49.